The third-order valence-corrected chi connectivity index (χ3v) is 7.25. The average molecular weight is 518 g/mol. The molecule has 0 spiro atoms. The number of nitriles is 1. The summed E-state index contributed by atoms with van der Waals surface area (Å²) in [6, 6.07) is 11.7. The molecule has 10 heteroatoms. The molecular weight excluding hydrogens is 490 g/mol. The Balaban J connectivity index is 1.41. The fourth-order valence-electron chi connectivity index (χ4n) is 5.30. The summed E-state index contributed by atoms with van der Waals surface area (Å²) in [5.41, 5.74) is 5.44. The third kappa shape index (κ3) is 4.78. The second-order valence-electron chi connectivity index (χ2n) is 9.85. The second kappa shape index (κ2) is 10.5. The summed E-state index contributed by atoms with van der Waals surface area (Å²) in [6.07, 6.45) is 9.89. The molecule has 0 N–H and O–H groups in total. The lowest BCUT2D eigenvalue weighted by Crippen LogP contribution is -2.38. The monoisotopic (exact) mass is 517 g/mol. The molecule has 0 unspecified atom stereocenters. The summed E-state index contributed by atoms with van der Waals surface area (Å²) in [7, 11) is 1.87. The maximum atomic E-state index is 8.96. The number of aryl methyl sites for hydroxylation is 1. The van der Waals surface area contributed by atoms with E-state index in [0.29, 0.717) is 30.5 Å². The van der Waals surface area contributed by atoms with Crippen LogP contribution in [0.2, 0.25) is 0 Å². The van der Waals surface area contributed by atoms with Crippen LogP contribution in [-0.4, -0.2) is 60.3 Å². The summed E-state index contributed by atoms with van der Waals surface area (Å²) in [6.45, 7) is 10.6. The predicted octanol–water partition coefficient (Wildman–Crippen LogP) is 4.90. The quantitative estimate of drug-likeness (QED) is 0.283. The molecule has 194 valence electrons. The largest absolute Gasteiger partial charge is 0.476 e. The lowest BCUT2D eigenvalue weighted by Gasteiger charge is -2.32. The summed E-state index contributed by atoms with van der Waals surface area (Å²) in [5, 5.41) is 14.2. The molecule has 5 heterocycles. The lowest BCUT2D eigenvalue weighted by molar-refractivity contribution is 0.130. The zero-order valence-electron chi connectivity index (χ0n) is 21.7. The molecule has 10 nitrogen and oxygen atoms in total. The molecule has 1 aromatic carbocycles. The van der Waals surface area contributed by atoms with E-state index in [4.69, 9.17) is 21.6 Å². The Kier molecular flexibility index (Phi) is 6.62. The van der Waals surface area contributed by atoms with Crippen LogP contribution < -0.4 is 4.74 Å². The summed E-state index contributed by atoms with van der Waals surface area (Å²) in [4.78, 5) is 20.0. The van der Waals surface area contributed by atoms with Crippen molar-refractivity contribution in [3.05, 3.63) is 66.7 Å². The van der Waals surface area contributed by atoms with Gasteiger partial charge < -0.3 is 9.64 Å². The van der Waals surface area contributed by atoms with Gasteiger partial charge in [-0.1, -0.05) is 24.3 Å². The van der Waals surface area contributed by atoms with Crippen molar-refractivity contribution in [1.29, 1.82) is 5.26 Å². The van der Waals surface area contributed by atoms with Crippen LogP contribution >= 0.6 is 0 Å². The van der Waals surface area contributed by atoms with Gasteiger partial charge in [-0.2, -0.15) is 10.4 Å². The molecule has 0 aliphatic carbocycles. The van der Waals surface area contributed by atoms with Crippen molar-refractivity contribution in [3.8, 4) is 34.5 Å². The number of hydrogen-bond donors (Lipinski definition) is 0. The van der Waals surface area contributed by atoms with Gasteiger partial charge in [-0.15, -0.1) is 0 Å². The zero-order valence-corrected chi connectivity index (χ0v) is 21.7. The number of piperidine rings is 1. The number of pyridine rings is 1. The first-order chi connectivity index (χ1) is 19.1. The Hall–Kier alpha value is -4.80. The molecular formula is C29H27N9O. The standard InChI is InChI=1S/C29H27N9O/c1-31-24-8-6-21(7-9-24)26-27(22-13-23-15-34-36(2)28(23)33-14-22)38-19-32-16-25(38)29(35-26)39-18-20-5-3-11-37(17-20)12-4-10-30/h6-9,13-16,19-20H,3-5,11-12,17-18H2,2H3/t20-/m1/s1. The van der Waals surface area contributed by atoms with Crippen molar-refractivity contribution in [3.63, 3.8) is 0 Å². The molecule has 0 radical (unpaired) electrons. The molecule has 4 aromatic heterocycles. The van der Waals surface area contributed by atoms with Crippen LogP contribution in [0.15, 0.2) is 55.2 Å². The van der Waals surface area contributed by atoms with Crippen LogP contribution in [0.4, 0.5) is 5.69 Å². The van der Waals surface area contributed by atoms with Gasteiger partial charge in [-0.25, -0.2) is 19.8 Å². The summed E-state index contributed by atoms with van der Waals surface area (Å²) >= 11 is 0. The SMILES string of the molecule is [C-]#[N+]c1ccc(-c2nc(OC[C@@H]3CCCN(CCC#N)C3)c3cncn3c2-c2cnc3c(cnn3C)c2)cc1. The molecule has 39 heavy (non-hydrogen) atoms. The molecule has 0 bridgehead atoms. The predicted molar refractivity (Wildman–Crippen MR) is 147 cm³/mol. The van der Waals surface area contributed by atoms with Gasteiger partial charge in [-0.05, 0) is 31.0 Å². The number of hydrogen-bond acceptors (Lipinski definition) is 7. The Morgan fingerprint density at radius 2 is 2.05 bits per heavy atom. The number of aromatic nitrogens is 6. The van der Waals surface area contributed by atoms with Crippen LogP contribution in [0.3, 0.4) is 0 Å². The smallest absolute Gasteiger partial charge is 0.240 e. The van der Waals surface area contributed by atoms with E-state index in [2.05, 4.69) is 36.9 Å². The van der Waals surface area contributed by atoms with Crippen LogP contribution in [-0.2, 0) is 7.05 Å². The first-order valence-electron chi connectivity index (χ1n) is 13.0. The molecule has 1 aliphatic rings. The lowest BCUT2D eigenvalue weighted by atomic mass is 9.99. The zero-order chi connectivity index (χ0) is 26.8. The minimum absolute atomic E-state index is 0.362. The van der Waals surface area contributed by atoms with E-state index in [1.807, 2.05) is 29.8 Å². The summed E-state index contributed by atoms with van der Waals surface area (Å²) in [5.74, 6) is 0.880. The fourth-order valence-corrected chi connectivity index (χ4v) is 5.30. The maximum Gasteiger partial charge on any atom is 0.240 e. The van der Waals surface area contributed by atoms with E-state index in [0.717, 1.165) is 71.5 Å². The number of nitrogens with zero attached hydrogens (tertiary/aromatic N) is 9. The topological polar surface area (TPSA) is 102 Å². The van der Waals surface area contributed by atoms with Crippen LogP contribution in [0, 0.1) is 23.8 Å². The van der Waals surface area contributed by atoms with Gasteiger partial charge in [0, 0.05) is 49.6 Å². The minimum atomic E-state index is 0.362. The highest BCUT2D eigenvalue weighted by Gasteiger charge is 2.23. The highest BCUT2D eigenvalue weighted by atomic mass is 16.5. The van der Waals surface area contributed by atoms with Gasteiger partial charge in [0.1, 0.15) is 5.52 Å². The van der Waals surface area contributed by atoms with Crippen molar-refractivity contribution in [2.45, 2.75) is 19.3 Å². The van der Waals surface area contributed by atoms with E-state index in [1.54, 1.807) is 35.5 Å². The van der Waals surface area contributed by atoms with Gasteiger partial charge in [0.05, 0.1) is 49.4 Å². The van der Waals surface area contributed by atoms with Crippen LogP contribution in [0.5, 0.6) is 5.88 Å². The highest BCUT2D eigenvalue weighted by molar-refractivity contribution is 5.87. The normalized spacial score (nSPS) is 15.8. The molecule has 1 atom stereocenters. The van der Waals surface area contributed by atoms with Gasteiger partial charge in [0.2, 0.25) is 5.88 Å². The maximum absolute atomic E-state index is 8.96. The average Bonchev–Trinajstić information content (AvgIpc) is 3.61. The molecule has 6 rings (SSSR count). The molecule has 1 fully saturated rings. The first kappa shape index (κ1) is 24.5. The van der Waals surface area contributed by atoms with E-state index < -0.39 is 0 Å². The number of likely N-dealkylation sites (tertiary alicyclic amines) is 1. The molecule has 1 aliphatic heterocycles. The second-order valence-corrected chi connectivity index (χ2v) is 9.85. The van der Waals surface area contributed by atoms with Crippen LogP contribution in [0.1, 0.15) is 19.3 Å². The van der Waals surface area contributed by atoms with Crippen LogP contribution in [0.25, 0.3) is 43.9 Å². The van der Waals surface area contributed by atoms with Crippen molar-refractivity contribution in [1.82, 2.24) is 34.0 Å². The molecule has 0 amide bonds. The van der Waals surface area contributed by atoms with E-state index in [1.165, 1.54) is 0 Å². The number of fused-ring (bicyclic) bond motifs is 2. The van der Waals surface area contributed by atoms with Gasteiger partial charge in [-0.3, -0.25) is 9.08 Å². The van der Waals surface area contributed by atoms with Gasteiger partial charge in [0.25, 0.3) is 0 Å². The number of ether oxygens (including phenoxy) is 1. The third-order valence-electron chi connectivity index (χ3n) is 7.25. The Morgan fingerprint density at radius 1 is 1.18 bits per heavy atom. The van der Waals surface area contributed by atoms with E-state index in [9.17, 15) is 0 Å². The Morgan fingerprint density at radius 3 is 2.87 bits per heavy atom. The van der Waals surface area contributed by atoms with Crippen molar-refractivity contribution in [2.75, 3.05) is 26.2 Å². The van der Waals surface area contributed by atoms with E-state index >= 15 is 0 Å². The fraction of sp³-hybridized carbons (Fsp3) is 0.310. The Bertz CT molecular complexity index is 1720. The Labute approximate surface area is 225 Å². The molecule has 1 saturated heterocycles. The molecule has 5 aromatic rings. The van der Waals surface area contributed by atoms with Gasteiger partial charge in [0.15, 0.2) is 11.3 Å². The van der Waals surface area contributed by atoms with E-state index in [-0.39, 0.29) is 0 Å². The number of benzene rings is 1. The highest BCUT2D eigenvalue weighted by Crippen LogP contribution is 2.36. The van der Waals surface area contributed by atoms with Crippen molar-refractivity contribution in [2.24, 2.45) is 13.0 Å². The minimum Gasteiger partial charge on any atom is -0.476 e. The first-order valence-corrected chi connectivity index (χ1v) is 13.0. The van der Waals surface area contributed by atoms with Crippen molar-refractivity contribution < 1.29 is 4.74 Å². The molecule has 0 saturated carbocycles. The van der Waals surface area contributed by atoms with Crippen molar-refractivity contribution >= 4 is 22.2 Å². The van der Waals surface area contributed by atoms with Gasteiger partial charge >= 0.3 is 0 Å². The summed E-state index contributed by atoms with van der Waals surface area (Å²) < 4.78 is 10.1. The number of rotatable bonds is 7. The number of imidazole rings is 1.